The monoisotopic (exact) mass is 256 g/mol. The molecule has 0 aliphatic heterocycles. The minimum atomic E-state index is -0.722. The first-order chi connectivity index (χ1) is 7.50. The van der Waals surface area contributed by atoms with Crippen molar-refractivity contribution in [2.24, 2.45) is 0 Å². The van der Waals surface area contributed by atoms with Crippen LogP contribution in [0.25, 0.3) is 0 Å². The quantitative estimate of drug-likeness (QED) is 0.585. The van der Waals surface area contributed by atoms with Gasteiger partial charge in [-0.15, -0.1) is 11.6 Å². The van der Waals surface area contributed by atoms with Crippen molar-refractivity contribution in [2.75, 3.05) is 0 Å². The number of carbonyl (C=O) groups excluding carboxylic acids is 1. The second-order valence-electron chi connectivity index (χ2n) is 4.51. The number of benzene rings is 1. The number of hydrogen-bond acceptors (Lipinski definition) is 1. The number of aryl methyl sites for hydroxylation is 2. The van der Waals surface area contributed by atoms with Crippen LogP contribution in [0.15, 0.2) is 12.1 Å². The molecule has 3 heteroatoms. The van der Waals surface area contributed by atoms with E-state index < -0.39 is 10.6 Å². The molecule has 0 aromatic heterocycles. The van der Waals surface area contributed by atoms with Crippen molar-refractivity contribution in [3.05, 3.63) is 34.4 Å². The Balaban J connectivity index is 2.44. The maximum absolute atomic E-state index is 11.1. The molecule has 0 bridgehead atoms. The number of rotatable bonds is 3. The molecule has 1 fully saturated rings. The van der Waals surface area contributed by atoms with Gasteiger partial charge in [-0.25, -0.2) is 0 Å². The van der Waals surface area contributed by atoms with Gasteiger partial charge in [-0.1, -0.05) is 12.1 Å². The zero-order valence-electron chi connectivity index (χ0n) is 9.39. The first kappa shape index (κ1) is 11.9. The van der Waals surface area contributed by atoms with Gasteiger partial charge in [-0.05, 0) is 66.5 Å². The Morgan fingerprint density at radius 2 is 1.94 bits per heavy atom. The van der Waals surface area contributed by atoms with Gasteiger partial charge in [0.05, 0.1) is 0 Å². The van der Waals surface area contributed by atoms with E-state index in [0.717, 1.165) is 11.1 Å². The summed E-state index contributed by atoms with van der Waals surface area (Å²) in [5.41, 5.74) is 4.50. The van der Waals surface area contributed by atoms with E-state index in [0.29, 0.717) is 5.92 Å². The maximum Gasteiger partial charge on any atom is 0.244 e. The summed E-state index contributed by atoms with van der Waals surface area (Å²) in [5.74, 6) is 0.661. The number of halogens is 2. The minimum Gasteiger partial charge on any atom is -0.279 e. The Morgan fingerprint density at radius 3 is 2.44 bits per heavy atom. The van der Waals surface area contributed by atoms with Crippen molar-refractivity contribution >= 4 is 28.4 Å². The molecule has 0 heterocycles. The van der Waals surface area contributed by atoms with E-state index in [4.69, 9.17) is 23.2 Å². The van der Waals surface area contributed by atoms with Gasteiger partial charge in [0, 0.05) is 0 Å². The first-order valence-corrected chi connectivity index (χ1v) is 6.26. The number of carbonyl (C=O) groups is 1. The fraction of sp³-hybridized carbons (Fsp3) is 0.462. The Morgan fingerprint density at radius 1 is 1.31 bits per heavy atom. The molecule has 1 aromatic carbocycles. The smallest absolute Gasteiger partial charge is 0.244 e. The van der Waals surface area contributed by atoms with E-state index in [1.165, 1.54) is 24.0 Å². The highest BCUT2D eigenvalue weighted by Gasteiger charge is 2.27. The molecule has 0 saturated heterocycles. The van der Waals surface area contributed by atoms with Crippen molar-refractivity contribution in [1.29, 1.82) is 0 Å². The molecule has 1 saturated carbocycles. The van der Waals surface area contributed by atoms with Crippen LogP contribution in [0.3, 0.4) is 0 Å². The first-order valence-electron chi connectivity index (χ1n) is 5.45. The van der Waals surface area contributed by atoms with Gasteiger partial charge >= 0.3 is 0 Å². The van der Waals surface area contributed by atoms with Crippen LogP contribution in [0, 0.1) is 13.8 Å². The third kappa shape index (κ3) is 2.26. The molecule has 1 nitrogen and oxygen atoms in total. The van der Waals surface area contributed by atoms with Crippen molar-refractivity contribution in [1.82, 2.24) is 0 Å². The van der Waals surface area contributed by atoms with Gasteiger partial charge < -0.3 is 0 Å². The van der Waals surface area contributed by atoms with Gasteiger partial charge in [0.25, 0.3) is 0 Å². The predicted molar refractivity (Wildman–Crippen MR) is 67.3 cm³/mol. The Kier molecular flexibility index (Phi) is 3.27. The molecule has 16 heavy (non-hydrogen) atoms. The molecular formula is C13H14Cl2O. The molecule has 1 unspecified atom stereocenters. The molecule has 1 atom stereocenters. The molecule has 0 radical (unpaired) electrons. The summed E-state index contributed by atoms with van der Waals surface area (Å²) >= 11 is 11.5. The third-order valence-electron chi connectivity index (χ3n) is 3.14. The van der Waals surface area contributed by atoms with Gasteiger partial charge in [-0.2, -0.15) is 0 Å². The molecule has 1 aromatic rings. The summed E-state index contributed by atoms with van der Waals surface area (Å²) in [6, 6.07) is 4.15. The Hall–Kier alpha value is -0.530. The highest BCUT2D eigenvalue weighted by atomic mass is 35.5. The fourth-order valence-corrected chi connectivity index (χ4v) is 2.47. The summed E-state index contributed by atoms with van der Waals surface area (Å²) in [6.07, 6.45) is 2.48. The molecule has 0 amide bonds. The lowest BCUT2D eigenvalue weighted by Crippen LogP contribution is -2.03. The lowest BCUT2D eigenvalue weighted by molar-refractivity contribution is -0.111. The second-order valence-corrected chi connectivity index (χ2v) is 5.32. The lowest BCUT2D eigenvalue weighted by Gasteiger charge is -2.13. The predicted octanol–water partition coefficient (Wildman–Crippen LogP) is 4.23. The van der Waals surface area contributed by atoms with Gasteiger partial charge in [-0.3, -0.25) is 4.79 Å². The van der Waals surface area contributed by atoms with E-state index in [9.17, 15) is 4.79 Å². The summed E-state index contributed by atoms with van der Waals surface area (Å²) in [5, 5.41) is -1.23. The Labute approximate surface area is 106 Å². The molecule has 1 aliphatic carbocycles. The SMILES string of the molecule is Cc1cc(C)c(C(Cl)C(=O)Cl)cc1C1CC1. The second kappa shape index (κ2) is 4.38. The zero-order chi connectivity index (χ0) is 11.9. The summed E-state index contributed by atoms with van der Waals surface area (Å²) < 4.78 is 0. The van der Waals surface area contributed by atoms with E-state index in [1.54, 1.807) is 0 Å². The topological polar surface area (TPSA) is 17.1 Å². The Bertz CT molecular complexity index is 436. The zero-order valence-corrected chi connectivity index (χ0v) is 10.9. The van der Waals surface area contributed by atoms with E-state index in [-0.39, 0.29) is 0 Å². The van der Waals surface area contributed by atoms with Crippen LogP contribution in [0.4, 0.5) is 0 Å². The van der Waals surface area contributed by atoms with E-state index >= 15 is 0 Å². The van der Waals surface area contributed by atoms with Crippen molar-refractivity contribution in [2.45, 2.75) is 38.0 Å². The van der Waals surface area contributed by atoms with E-state index in [2.05, 4.69) is 19.1 Å². The van der Waals surface area contributed by atoms with Crippen LogP contribution in [-0.4, -0.2) is 5.24 Å². The molecule has 86 valence electrons. The van der Waals surface area contributed by atoms with Crippen LogP contribution in [0.1, 0.15) is 46.4 Å². The molecule has 0 N–H and O–H groups in total. The van der Waals surface area contributed by atoms with Gasteiger partial charge in [0.15, 0.2) is 0 Å². The van der Waals surface area contributed by atoms with Crippen molar-refractivity contribution in [3.8, 4) is 0 Å². The van der Waals surface area contributed by atoms with Crippen LogP contribution in [0.5, 0.6) is 0 Å². The molecule has 0 spiro atoms. The van der Waals surface area contributed by atoms with Crippen LogP contribution in [-0.2, 0) is 4.79 Å². The third-order valence-corrected chi connectivity index (χ3v) is 3.91. The number of hydrogen-bond donors (Lipinski definition) is 0. The normalized spacial score (nSPS) is 17.2. The van der Waals surface area contributed by atoms with E-state index in [1.807, 2.05) is 6.92 Å². The summed E-state index contributed by atoms with van der Waals surface area (Å²) in [7, 11) is 0. The van der Waals surface area contributed by atoms with Gasteiger partial charge in [0.1, 0.15) is 5.38 Å². The molecule has 2 rings (SSSR count). The standard InChI is InChI=1S/C13H14Cl2O/c1-7-5-8(2)11(12(14)13(15)16)6-10(7)9-3-4-9/h5-6,9,12H,3-4H2,1-2H3. The lowest BCUT2D eigenvalue weighted by atomic mass is 9.95. The molecular weight excluding hydrogens is 243 g/mol. The summed E-state index contributed by atoms with van der Waals surface area (Å²) in [6.45, 7) is 4.07. The average molecular weight is 257 g/mol. The summed E-state index contributed by atoms with van der Waals surface area (Å²) in [4.78, 5) is 11.1. The van der Waals surface area contributed by atoms with Crippen LogP contribution >= 0.6 is 23.2 Å². The van der Waals surface area contributed by atoms with Crippen LogP contribution < -0.4 is 0 Å². The van der Waals surface area contributed by atoms with Gasteiger partial charge in [0.2, 0.25) is 5.24 Å². The van der Waals surface area contributed by atoms with Crippen LogP contribution in [0.2, 0.25) is 0 Å². The van der Waals surface area contributed by atoms with Crippen molar-refractivity contribution in [3.63, 3.8) is 0 Å². The molecule has 1 aliphatic rings. The average Bonchev–Trinajstić information content (AvgIpc) is 3.00. The highest BCUT2D eigenvalue weighted by molar-refractivity contribution is 6.68. The number of alkyl halides is 1. The maximum atomic E-state index is 11.1. The fourth-order valence-electron chi connectivity index (χ4n) is 2.12. The largest absolute Gasteiger partial charge is 0.279 e. The highest BCUT2D eigenvalue weighted by Crippen LogP contribution is 2.43. The minimum absolute atomic E-state index is 0.504. The van der Waals surface area contributed by atoms with Crippen molar-refractivity contribution < 1.29 is 4.79 Å².